The Kier molecular flexibility index (Phi) is 6.05. The van der Waals surface area contributed by atoms with Gasteiger partial charge in [0.15, 0.2) is 0 Å². The molecule has 39 heavy (non-hydrogen) atoms. The number of nitriles is 1. The van der Waals surface area contributed by atoms with Crippen LogP contribution in [0, 0.1) is 17.9 Å². The molecule has 184 valence electrons. The van der Waals surface area contributed by atoms with Gasteiger partial charge in [0.25, 0.3) is 0 Å². The molecule has 0 aliphatic rings. The number of para-hydroxylation sites is 2. The Morgan fingerprint density at radius 2 is 1.05 bits per heavy atom. The zero-order valence-electron chi connectivity index (χ0n) is 20.9. The summed E-state index contributed by atoms with van der Waals surface area (Å²) in [6.07, 6.45) is 3.50. The maximum atomic E-state index is 10.4. The Balaban J connectivity index is 1.75. The summed E-state index contributed by atoms with van der Waals surface area (Å²) in [5.41, 5.74) is 4.02. The summed E-state index contributed by atoms with van der Waals surface area (Å²) in [5.74, 6) is 0. The normalized spacial score (nSPS) is 11.0. The molecule has 2 aromatic heterocycles. The van der Waals surface area contributed by atoms with Gasteiger partial charge in [0.05, 0.1) is 29.2 Å². The van der Waals surface area contributed by atoms with Crippen molar-refractivity contribution >= 4 is 5.69 Å². The molecular formula is C33H22N6. The van der Waals surface area contributed by atoms with Crippen LogP contribution >= 0.6 is 0 Å². The number of rotatable bonds is 6. The van der Waals surface area contributed by atoms with Gasteiger partial charge in [-0.1, -0.05) is 97.1 Å². The molecule has 0 fully saturated rings. The van der Waals surface area contributed by atoms with E-state index in [1.54, 1.807) is 21.8 Å². The van der Waals surface area contributed by atoms with E-state index in [-0.39, 0.29) is 0 Å². The van der Waals surface area contributed by atoms with Gasteiger partial charge in [0.2, 0.25) is 5.69 Å². The molecule has 0 bridgehead atoms. The van der Waals surface area contributed by atoms with Crippen molar-refractivity contribution in [1.82, 2.24) is 19.6 Å². The predicted octanol–water partition coefficient (Wildman–Crippen LogP) is 6.86. The molecule has 0 radical (unpaired) electrons. The number of benzene rings is 4. The van der Waals surface area contributed by atoms with Crippen LogP contribution in [0.2, 0.25) is 0 Å². The Morgan fingerprint density at radius 3 is 1.51 bits per heavy atom. The minimum absolute atomic E-state index is 0.379. The lowest BCUT2D eigenvalue weighted by atomic mass is 9.68. The fraction of sp³-hybridized carbons (Fsp3) is 0.0303. The molecule has 0 saturated carbocycles. The van der Waals surface area contributed by atoms with Crippen LogP contribution in [0.4, 0.5) is 5.69 Å². The third kappa shape index (κ3) is 3.98. The topological polar surface area (TPSA) is 63.8 Å². The molecule has 0 spiro atoms. The zero-order valence-corrected chi connectivity index (χ0v) is 20.9. The van der Waals surface area contributed by atoms with Gasteiger partial charge in [-0.3, -0.25) is 4.68 Å². The summed E-state index contributed by atoms with van der Waals surface area (Å²) in [5, 5.41) is 20.5. The second-order valence-electron chi connectivity index (χ2n) is 9.02. The first kappa shape index (κ1) is 23.7. The highest BCUT2D eigenvalue weighted by atomic mass is 15.3. The molecule has 6 aromatic rings. The molecule has 0 atom stereocenters. The third-order valence-electron chi connectivity index (χ3n) is 6.82. The lowest BCUT2D eigenvalue weighted by Crippen LogP contribution is -2.33. The SMILES string of the molecule is [C-]#[N+]c1cn(-c2ccccc2)nc1C(c1ccccc1)(c1ccccc1)c1nn(-c2ccccc2)cc1C#N. The first-order valence-electron chi connectivity index (χ1n) is 12.5. The molecule has 0 aliphatic carbocycles. The Labute approximate surface area is 226 Å². The van der Waals surface area contributed by atoms with Crippen molar-refractivity contribution in [2.75, 3.05) is 0 Å². The van der Waals surface area contributed by atoms with E-state index in [0.29, 0.717) is 22.6 Å². The molecular weight excluding hydrogens is 480 g/mol. The van der Waals surface area contributed by atoms with Crippen LogP contribution in [-0.2, 0) is 5.41 Å². The highest BCUT2D eigenvalue weighted by molar-refractivity contribution is 5.67. The second-order valence-corrected chi connectivity index (χ2v) is 9.02. The average molecular weight is 503 g/mol. The first-order chi connectivity index (χ1) is 19.3. The molecule has 6 rings (SSSR count). The molecule has 6 heteroatoms. The largest absolute Gasteiger partial charge is 0.252 e. The Bertz CT molecular complexity index is 1670. The number of hydrogen-bond donors (Lipinski definition) is 0. The van der Waals surface area contributed by atoms with Crippen LogP contribution in [0.15, 0.2) is 134 Å². The molecule has 2 heterocycles. The first-order valence-corrected chi connectivity index (χ1v) is 12.5. The van der Waals surface area contributed by atoms with Gasteiger partial charge in [-0.15, -0.1) is 0 Å². The molecule has 0 saturated heterocycles. The molecule has 6 nitrogen and oxygen atoms in total. The lowest BCUT2D eigenvalue weighted by molar-refractivity contribution is 0.655. The number of nitrogens with zero attached hydrogens (tertiary/aromatic N) is 6. The molecule has 0 amide bonds. The van der Waals surface area contributed by atoms with Gasteiger partial charge in [0.1, 0.15) is 17.2 Å². The third-order valence-corrected chi connectivity index (χ3v) is 6.82. The van der Waals surface area contributed by atoms with Crippen molar-refractivity contribution in [3.63, 3.8) is 0 Å². The van der Waals surface area contributed by atoms with Crippen molar-refractivity contribution in [2.24, 2.45) is 0 Å². The predicted molar refractivity (Wildman–Crippen MR) is 150 cm³/mol. The van der Waals surface area contributed by atoms with Gasteiger partial charge in [0, 0.05) is 12.4 Å². The summed E-state index contributed by atoms with van der Waals surface area (Å²) in [4.78, 5) is 3.93. The second kappa shape index (κ2) is 9.97. The smallest absolute Gasteiger partial charge is 0.229 e. The van der Waals surface area contributed by atoms with E-state index >= 15 is 0 Å². The van der Waals surface area contributed by atoms with Crippen LogP contribution in [0.3, 0.4) is 0 Å². The van der Waals surface area contributed by atoms with Gasteiger partial charge >= 0.3 is 0 Å². The van der Waals surface area contributed by atoms with Crippen molar-refractivity contribution in [2.45, 2.75) is 5.41 Å². The van der Waals surface area contributed by atoms with Crippen molar-refractivity contribution in [1.29, 1.82) is 5.26 Å². The highest BCUT2D eigenvalue weighted by Crippen LogP contribution is 2.48. The molecule has 0 N–H and O–H groups in total. The molecule has 4 aromatic carbocycles. The quantitative estimate of drug-likeness (QED) is 0.234. The van der Waals surface area contributed by atoms with Crippen molar-refractivity contribution in [3.05, 3.63) is 173 Å². The number of aromatic nitrogens is 4. The Hall–Kier alpha value is -5.72. The van der Waals surface area contributed by atoms with Gasteiger partial charge < -0.3 is 0 Å². The van der Waals surface area contributed by atoms with E-state index in [1.165, 1.54) is 0 Å². The van der Waals surface area contributed by atoms with Gasteiger partial charge in [-0.05, 0) is 35.4 Å². The summed E-state index contributed by atoms with van der Waals surface area (Å²) < 4.78 is 3.45. The summed E-state index contributed by atoms with van der Waals surface area (Å²) >= 11 is 0. The van der Waals surface area contributed by atoms with E-state index in [0.717, 1.165) is 22.5 Å². The molecule has 0 unspecified atom stereocenters. The van der Waals surface area contributed by atoms with Crippen LogP contribution in [0.5, 0.6) is 0 Å². The average Bonchev–Trinajstić information content (AvgIpc) is 3.65. The van der Waals surface area contributed by atoms with E-state index in [4.69, 9.17) is 16.8 Å². The van der Waals surface area contributed by atoms with Crippen LogP contribution in [0.1, 0.15) is 28.1 Å². The Morgan fingerprint density at radius 1 is 0.615 bits per heavy atom. The molecule has 0 aliphatic heterocycles. The van der Waals surface area contributed by atoms with Crippen LogP contribution < -0.4 is 0 Å². The highest BCUT2D eigenvalue weighted by Gasteiger charge is 2.46. The van der Waals surface area contributed by atoms with Gasteiger partial charge in [-0.2, -0.15) is 15.5 Å². The summed E-state index contributed by atoms with van der Waals surface area (Å²) in [6, 6.07) is 41.5. The van der Waals surface area contributed by atoms with E-state index in [9.17, 15) is 5.26 Å². The van der Waals surface area contributed by atoms with Crippen LogP contribution in [0.25, 0.3) is 16.2 Å². The summed E-state index contributed by atoms with van der Waals surface area (Å²) in [7, 11) is 0. The minimum Gasteiger partial charge on any atom is -0.252 e. The standard InChI is InChI=1S/C33H22N6/c1-35-30-24-39(29-20-12-5-13-21-29)37-32(30)33(26-14-6-2-7-15-26,27-16-8-3-9-17-27)31-25(22-34)23-38(36-31)28-18-10-4-11-19-28/h2-21,23-24H. The number of hydrogen-bond acceptors (Lipinski definition) is 3. The zero-order chi connectivity index (χ0) is 26.7. The van der Waals surface area contributed by atoms with E-state index in [2.05, 4.69) is 10.9 Å². The van der Waals surface area contributed by atoms with E-state index < -0.39 is 5.41 Å². The summed E-state index contributed by atoms with van der Waals surface area (Å²) in [6.45, 7) is 8.15. The lowest BCUT2D eigenvalue weighted by Gasteiger charge is -2.33. The van der Waals surface area contributed by atoms with Crippen molar-refractivity contribution < 1.29 is 0 Å². The fourth-order valence-corrected chi connectivity index (χ4v) is 5.07. The van der Waals surface area contributed by atoms with Crippen LogP contribution in [-0.4, -0.2) is 19.6 Å². The van der Waals surface area contributed by atoms with Crippen molar-refractivity contribution in [3.8, 4) is 17.4 Å². The van der Waals surface area contributed by atoms with E-state index in [1.807, 2.05) is 121 Å². The monoisotopic (exact) mass is 502 g/mol. The minimum atomic E-state index is -1.15. The van der Waals surface area contributed by atoms with Gasteiger partial charge in [-0.25, -0.2) is 9.53 Å². The fourth-order valence-electron chi connectivity index (χ4n) is 5.07. The maximum absolute atomic E-state index is 10.4. The maximum Gasteiger partial charge on any atom is 0.229 e.